The maximum Gasteiger partial charge on any atom is 0.326 e. The van der Waals surface area contributed by atoms with Crippen LogP contribution in [0.5, 0.6) is 0 Å². The topological polar surface area (TPSA) is 79.3 Å². The molecule has 1 amide bonds. The van der Waals surface area contributed by atoms with Gasteiger partial charge in [-0.05, 0) is 31.4 Å². The Balaban J connectivity index is 2.84. The molecule has 0 aliphatic rings. The molecule has 0 aliphatic carbocycles. The summed E-state index contributed by atoms with van der Waals surface area (Å²) in [5.41, 5.74) is 0.917. The van der Waals surface area contributed by atoms with Crippen LogP contribution in [0.15, 0.2) is 12.1 Å². The SMILES string of the molecule is Cc1cc(C(=O)NC(CC(C)C)C(=O)O)cc(Cl)n1. The van der Waals surface area contributed by atoms with Gasteiger partial charge in [0.05, 0.1) is 0 Å². The number of carbonyl (C=O) groups excluding carboxylic acids is 1. The molecule has 0 aromatic carbocycles. The van der Waals surface area contributed by atoms with Crippen molar-refractivity contribution in [2.75, 3.05) is 0 Å². The lowest BCUT2D eigenvalue weighted by Gasteiger charge is -2.16. The summed E-state index contributed by atoms with van der Waals surface area (Å²) >= 11 is 5.77. The van der Waals surface area contributed by atoms with Gasteiger partial charge in [0.15, 0.2) is 0 Å². The van der Waals surface area contributed by atoms with Crippen molar-refractivity contribution in [1.29, 1.82) is 0 Å². The van der Waals surface area contributed by atoms with Gasteiger partial charge in [0, 0.05) is 11.3 Å². The molecule has 1 unspecified atom stereocenters. The van der Waals surface area contributed by atoms with Crippen LogP contribution in [0.25, 0.3) is 0 Å². The zero-order valence-electron chi connectivity index (χ0n) is 11.1. The number of pyridine rings is 1. The molecule has 1 aromatic heterocycles. The predicted molar refractivity (Wildman–Crippen MR) is 72.3 cm³/mol. The van der Waals surface area contributed by atoms with E-state index in [0.29, 0.717) is 17.7 Å². The molecule has 0 spiro atoms. The summed E-state index contributed by atoms with van der Waals surface area (Å²) in [7, 11) is 0. The quantitative estimate of drug-likeness (QED) is 0.813. The normalized spacial score (nSPS) is 12.3. The number of aromatic nitrogens is 1. The van der Waals surface area contributed by atoms with E-state index in [1.165, 1.54) is 6.07 Å². The highest BCUT2D eigenvalue weighted by Crippen LogP contribution is 2.12. The van der Waals surface area contributed by atoms with E-state index in [2.05, 4.69) is 10.3 Å². The van der Waals surface area contributed by atoms with Crippen LogP contribution in [0.1, 0.15) is 36.3 Å². The van der Waals surface area contributed by atoms with Crippen molar-refractivity contribution in [3.8, 4) is 0 Å². The van der Waals surface area contributed by atoms with Gasteiger partial charge in [0.1, 0.15) is 11.2 Å². The largest absolute Gasteiger partial charge is 0.480 e. The van der Waals surface area contributed by atoms with Crippen LogP contribution in [0.4, 0.5) is 0 Å². The molecule has 1 heterocycles. The van der Waals surface area contributed by atoms with E-state index in [4.69, 9.17) is 16.7 Å². The third-order valence-electron chi connectivity index (χ3n) is 2.49. The summed E-state index contributed by atoms with van der Waals surface area (Å²) < 4.78 is 0. The molecular formula is C13H17ClN2O3. The monoisotopic (exact) mass is 284 g/mol. The molecule has 1 atom stereocenters. The van der Waals surface area contributed by atoms with Gasteiger partial charge in [-0.15, -0.1) is 0 Å². The summed E-state index contributed by atoms with van der Waals surface area (Å²) in [6.07, 6.45) is 0.374. The van der Waals surface area contributed by atoms with Crippen LogP contribution in [0.3, 0.4) is 0 Å². The molecule has 2 N–H and O–H groups in total. The number of nitrogens with zero attached hydrogens (tertiary/aromatic N) is 1. The Morgan fingerprint density at radius 3 is 2.53 bits per heavy atom. The Bertz CT molecular complexity index is 469. The summed E-state index contributed by atoms with van der Waals surface area (Å²) in [6.45, 7) is 5.51. The number of rotatable bonds is 5. The number of carboxylic acids is 1. The van der Waals surface area contributed by atoms with E-state index in [1.807, 2.05) is 13.8 Å². The van der Waals surface area contributed by atoms with Crippen LogP contribution in [0, 0.1) is 12.8 Å². The number of halogens is 1. The molecule has 5 nitrogen and oxygen atoms in total. The number of carbonyl (C=O) groups is 2. The number of carboxylic acid groups (broad SMARTS) is 1. The summed E-state index contributed by atoms with van der Waals surface area (Å²) in [5, 5.41) is 11.8. The molecule has 0 aliphatic heterocycles. The number of hydrogen-bond donors (Lipinski definition) is 2. The van der Waals surface area contributed by atoms with Crippen molar-refractivity contribution in [3.63, 3.8) is 0 Å². The molecule has 0 radical (unpaired) electrons. The Morgan fingerprint density at radius 2 is 2.05 bits per heavy atom. The Morgan fingerprint density at radius 1 is 1.42 bits per heavy atom. The first kappa shape index (κ1) is 15.4. The van der Waals surface area contributed by atoms with Crippen LogP contribution in [-0.2, 0) is 4.79 Å². The van der Waals surface area contributed by atoms with Crippen molar-refractivity contribution >= 4 is 23.5 Å². The molecule has 19 heavy (non-hydrogen) atoms. The van der Waals surface area contributed by atoms with E-state index in [9.17, 15) is 9.59 Å². The number of hydrogen-bond acceptors (Lipinski definition) is 3. The van der Waals surface area contributed by atoms with Crippen LogP contribution in [-0.4, -0.2) is 28.0 Å². The third kappa shape index (κ3) is 4.87. The minimum Gasteiger partial charge on any atom is -0.480 e. The number of aryl methyl sites for hydroxylation is 1. The molecule has 0 fully saturated rings. The van der Waals surface area contributed by atoms with Gasteiger partial charge in [0.2, 0.25) is 0 Å². The van der Waals surface area contributed by atoms with Crippen molar-refractivity contribution in [1.82, 2.24) is 10.3 Å². The fourth-order valence-corrected chi connectivity index (χ4v) is 1.94. The molecular weight excluding hydrogens is 268 g/mol. The van der Waals surface area contributed by atoms with Gasteiger partial charge >= 0.3 is 5.97 Å². The zero-order valence-corrected chi connectivity index (χ0v) is 11.9. The minimum atomic E-state index is -1.04. The third-order valence-corrected chi connectivity index (χ3v) is 2.69. The molecule has 0 bridgehead atoms. The van der Waals surface area contributed by atoms with Crippen molar-refractivity contribution in [3.05, 3.63) is 28.5 Å². The molecule has 6 heteroatoms. The highest BCUT2D eigenvalue weighted by Gasteiger charge is 2.22. The lowest BCUT2D eigenvalue weighted by Crippen LogP contribution is -2.41. The highest BCUT2D eigenvalue weighted by molar-refractivity contribution is 6.29. The van der Waals surface area contributed by atoms with Gasteiger partial charge in [-0.2, -0.15) is 0 Å². The first-order valence-electron chi connectivity index (χ1n) is 5.97. The molecule has 104 valence electrons. The maximum atomic E-state index is 12.0. The van der Waals surface area contributed by atoms with Gasteiger partial charge in [-0.25, -0.2) is 9.78 Å². The lowest BCUT2D eigenvalue weighted by molar-refractivity contribution is -0.139. The van der Waals surface area contributed by atoms with E-state index in [1.54, 1.807) is 13.0 Å². The minimum absolute atomic E-state index is 0.171. The second-order valence-electron chi connectivity index (χ2n) is 4.81. The Labute approximate surface area is 117 Å². The Hall–Kier alpha value is -1.62. The van der Waals surface area contributed by atoms with E-state index in [-0.39, 0.29) is 11.1 Å². The van der Waals surface area contributed by atoms with Crippen LogP contribution in [0.2, 0.25) is 5.15 Å². The fourth-order valence-electron chi connectivity index (χ4n) is 1.69. The van der Waals surface area contributed by atoms with E-state index < -0.39 is 17.9 Å². The molecule has 1 rings (SSSR count). The molecule has 0 saturated carbocycles. The van der Waals surface area contributed by atoms with Crippen molar-refractivity contribution in [2.45, 2.75) is 33.2 Å². The van der Waals surface area contributed by atoms with E-state index >= 15 is 0 Å². The Kier molecular flexibility index (Phi) is 5.30. The average molecular weight is 285 g/mol. The van der Waals surface area contributed by atoms with Gasteiger partial charge in [0.25, 0.3) is 5.91 Å². The second-order valence-corrected chi connectivity index (χ2v) is 5.20. The van der Waals surface area contributed by atoms with Crippen LogP contribution < -0.4 is 5.32 Å². The van der Waals surface area contributed by atoms with Gasteiger partial charge < -0.3 is 10.4 Å². The maximum absolute atomic E-state index is 12.0. The fraction of sp³-hybridized carbons (Fsp3) is 0.462. The number of aliphatic carboxylic acids is 1. The lowest BCUT2D eigenvalue weighted by atomic mass is 10.0. The van der Waals surface area contributed by atoms with Gasteiger partial charge in [-0.1, -0.05) is 25.4 Å². The number of amides is 1. The predicted octanol–water partition coefficient (Wildman–Crippen LogP) is 2.27. The number of nitrogens with one attached hydrogen (secondary N) is 1. The summed E-state index contributed by atoms with van der Waals surface area (Å²) in [5.74, 6) is -1.33. The summed E-state index contributed by atoms with van der Waals surface area (Å²) in [4.78, 5) is 27.0. The zero-order chi connectivity index (χ0) is 14.6. The first-order valence-corrected chi connectivity index (χ1v) is 6.35. The highest BCUT2D eigenvalue weighted by atomic mass is 35.5. The standard InChI is InChI=1S/C13H17ClN2O3/c1-7(2)4-10(13(18)19)16-12(17)9-5-8(3)15-11(14)6-9/h5-7,10H,4H2,1-3H3,(H,16,17)(H,18,19). The van der Waals surface area contributed by atoms with Gasteiger partial charge in [-0.3, -0.25) is 4.79 Å². The second kappa shape index (κ2) is 6.52. The smallest absolute Gasteiger partial charge is 0.326 e. The van der Waals surface area contributed by atoms with E-state index in [0.717, 1.165) is 0 Å². The van der Waals surface area contributed by atoms with Crippen molar-refractivity contribution < 1.29 is 14.7 Å². The molecule has 0 saturated heterocycles. The van der Waals surface area contributed by atoms with Crippen molar-refractivity contribution in [2.24, 2.45) is 5.92 Å². The summed E-state index contributed by atoms with van der Waals surface area (Å²) in [6, 6.07) is 2.08. The molecule has 1 aromatic rings. The first-order chi connectivity index (χ1) is 8.79. The van der Waals surface area contributed by atoms with Crippen LogP contribution >= 0.6 is 11.6 Å². The average Bonchev–Trinajstić information content (AvgIpc) is 2.25.